The zero-order valence-corrected chi connectivity index (χ0v) is 13.5. The summed E-state index contributed by atoms with van der Waals surface area (Å²) >= 11 is 0. The fourth-order valence-corrected chi connectivity index (χ4v) is 2.86. The summed E-state index contributed by atoms with van der Waals surface area (Å²) in [5.41, 5.74) is 1.23. The lowest BCUT2D eigenvalue weighted by molar-refractivity contribution is -0.160. The van der Waals surface area contributed by atoms with Crippen LogP contribution in [0.1, 0.15) is 11.1 Å². The van der Waals surface area contributed by atoms with Crippen molar-refractivity contribution in [2.24, 2.45) is 0 Å². The van der Waals surface area contributed by atoms with E-state index < -0.39 is 21.9 Å². The first-order chi connectivity index (χ1) is 11.4. The maximum atomic E-state index is 12.6. The second kappa shape index (κ2) is 6.03. The molecule has 0 radical (unpaired) electrons. The third-order valence-electron chi connectivity index (χ3n) is 3.38. The van der Waals surface area contributed by atoms with Crippen LogP contribution in [0, 0.1) is 0 Å². The lowest BCUT2D eigenvalue weighted by Crippen LogP contribution is -2.33. The Morgan fingerprint density at radius 3 is 1.46 bits per heavy atom. The Labute approximate surface area is 139 Å². The minimum absolute atomic E-state index is 0.107. The predicted octanol–water partition coefficient (Wildman–Crippen LogP) is 1.86. The number of hydrogen-bond donors (Lipinski definition) is 0. The number of hydroxylamine groups is 2. The first kappa shape index (κ1) is 16.1. The largest absolute Gasteiger partial charge is 0.287 e. The number of amides is 2. The Kier molecular flexibility index (Phi) is 4.04. The summed E-state index contributed by atoms with van der Waals surface area (Å²) in [6, 6.07) is 17.1. The molecule has 0 spiro atoms. The van der Waals surface area contributed by atoms with Crippen LogP contribution in [-0.4, -0.2) is 31.6 Å². The molecule has 6 nitrogen and oxygen atoms in total. The fourth-order valence-electron chi connectivity index (χ4n) is 2.46. The second-order valence-corrected chi connectivity index (χ2v) is 6.72. The Morgan fingerprint density at radius 2 is 1.12 bits per heavy atom. The van der Waals surface area contributed by atoms with E-state index in [0.717, 1.165) is 6.26 Å². The van der Waals surface area contributed by atoms with E-state index in [-0.39, 0.29) is 11.1 Å². The van der Waals surface area contributed by atoms with Gasteiger partial charge in [0.05, 0.1) is 17.4 Å². The van der Waals surface area contributed by atoms with Gasteiger partial charge in [0.1, 0.15) is 0 Å². The highest BCUT2D eigenvalue weighted by atomic mass is 32.2. The minimum atomic E-state index is -4.03. The van der Waals surface area contributed by atoms with Gasteiger partial charge >= 0.3 is 0 Å². The van der Waals surface area contributed by atoms with Crippen molar-refractivity contribution >= 4 is 33.1 Å². The van der Waals surface area contributed by atoms with Gasteiger partial charge in [-0.25, -0.2) is 0 Å². The van der Waals surface area contributed by atoms with E-state index in [4.69, 9.17) is 0 Å². The van der Waals surface area contributed by atoms with Gasteiger partial charge in [0, 0.05) is 0 Å². The van der Waals surface area contributed by atoms with E-state index in [1.165, 1.54) is 0 Å². The summed E-state index contributed by atoms with van der Waals surface area (Å²) in [5, 5.41) is 0.292. The highest BCUT2D eigenvalue weighted by Crippen LogP contribution is 2.35. The summed E-state index contributed by atoms with van der Waals surface area (Å²) in [5.74, 6) is -1.62. The maximum absolute atomic E-state index is 12.6. The van der Waals surface area contributed by atoms with Crippen LogP contribution in [0.25, 0.3) is 11.1 Å². The van der Waals surface area contributed by atoms with E-state index in [1.807, 2.05) is 0 Å². The van der Waals surface area contributed by atoms with Crippen molar-refractivity contribution in [1.82, 2.24) is 5.06 Å². The Hall–Kier alpha value is -2.77. The normalized spacial score (nSPS) is 15.3. The van der Waals surface area contributed by atoms with Gasteiger partial charge in [-0.15, -0.1) is 9.35 Å². The molecule has 0 N–H and O–H groups in total. The van der Waals surface area contributed by atoms with Crippen LogP contribution in [0.4, 0.5) is 0 Å². The topological polar surface area (TPSA) is 80.8 Å². The van der Waals surface area contributed by atoms with Gasteiger partial charge in [-0.3, -0.25) is 9.59 Å². The summed E-state index contributed by atoms with van der Waals surface area (Å²) in [6.07, 6.45) is 0.774. The Balaban J connectivity index is 2.19. The van der Waals surface area contributed by atoms with Gasteiger partial charge < -0.3 is 0 Å². The zero-order chi connectivity index (χ0) is 17.3. The number of hydrogen-bond acceptors (Lipinski definition) is 5. The van der Waals surface area contributed by atoms with E-state index in [2.05, 4.69) is 4.28 Å². The van der Waals surface area contributed by atoms with Gasteiger partial charge in [-0.05, 0) is 11.1 Å². The third kappa shape index (κ3) is 2.99. The number of rotatable bonds is 4. The van der Waals surface area contributed by atoms with Crippen LogP contribution in [0.3, 0.4) is 0 Å². The molecular formula is C17H13NO5S. The molecule has 0 fully saturated rings. The van der Waals surface area contributed by atoms with Gasteiger partial charge in [0.2, 0.25) is 0 Å². The lowest BCUT2D eigenvalue weighted by Gasteiger charge is -2.12. The molecule has 0 aromatic heterocycles. The van der Waals surface area contributed by atoms with E-state index in [9.17, 15) is 18.0 Å². The van der Waals surface area contributed by atoms with Crippen LogP contribution in [0.15, 0.2) is 60.7 Å². The second-order valence-electron chi connectivity index (χ2n) is 5.17. The summed E-state index contributed by atoms with van der Waals surface area (Å²) < 4.78 is 27.3. The third-order valence-corrected chi connectivity index (χ3v) is 3.80. The van der Waals surface area contributed by atoms with Gasteiger partial charge in [0.25, 0.3) is 21.9 Å². The highest BCUT2D eigenvalue weighted by Gasteiger charge is 2.42. The van der Waals surface area contributed by atoms with Crippen molar-refractivity contribution in [1.29, 1.82) is 0 Å². The van der Waals surface area contributed by atoms with Gasteiger partial charge in [0.15, 0.2) is 0 Å². The molecule has 0 bridgehead atoms. The lowest BCUT2D eigenvalue weighted by atomic mass is 9.96. The van der Waals surface area contributed by atoms with Crippen molar-refractivity contribution in [3.63, 3.8) is 0 Å². The SMILES string of the molecule is CS(=O)(=O)ON1C(=O)C(c2ccccc2)=C(c2ccccc2)C1=O. The average molecular weight is 343 g/mol. The smallest absolute Gasteiger partial charge is 0.266 e. The molecule has 24 heavy (non-hydrogen) atoms. The molecule has 0 saturated heterocycles. The predicted molar refractivity (Wildman–Crippen MR) is 87.5 cm³/mol. The standard InChI is InChI=1S/C17H13NO5S/c1-24(21,22)23-18-16(19)14(12-8-4-2-5-9-12)15(17(18)20)13-10-6-3-7-11-13/h2-11H,1H3. The van der Waals surface area contributed by atoms with Crippen molar-refractivity contribution in [2.75, 3.05) is 6.26 Å². The maximum Gasteiger partial charge on any atom is 0.287 e. The molecule has 7 heteroatoms. The Morgan fingerprint density at radius 1 is 0.750 bits per heavy atom. The first-order valence-corrected chi connectivity index (χ1v) is 8.83. The number of imide groups is 1. The molecule has 3 rings (SSSR count). The van der Waals surface area contributed by atoms with Gasteiger partial charge in [-0.1, -0.05) is 60.7 Å². The molecule has 1 aliphatic heterocycles. The number of nitrogens with zero attached hydrogens (tertiary/aromatic N) is 1. The van der Waals surface area contributed by atoms with Crippen LogP contribution in [0.5, 0.6) is 0 Å². The molecular weight excluding hydrogens is 330 g/mol. The van der Waals surface area contributed by atoms with Crippen LogP contribution < -0.4 is 0 Å². The van der Waals surface area contributed by atoms with Crippen molar-refractivity contribution in [2.45, 2.75) is 0 Å². The molecule has 0 unspecified atom stereocenters. The molecule has 0 aliphatic carbocycles. The zero-order valence-electron chi connectivity index (χ0n) is 12.7. The summed E-state index contributed by atoms with van der Waals surface area (Å²) in [6.45, 7) is 0. The highest BCUT2D eigenvalue weighted by molar-refractivity contribution is 7.85. The summed E-state index contributed by atoms with van der Waals surface area (Å²) in [4.78, 5) is 25.3. The minimum Gasteiger partial charge on any atom is -0.266 e. The average Bonchev–Trinajstić information content (AvgIpc) is 2.80. The monoisotopic (exact) mass is 343 g/mol. The molecule has 2 aromatic rings. The van der Waals surface area contributed by atoms with Crippen LogP contribution >= 0.6 is 0 Å². The van der Waals surface area contributed by atoms with Crippen LogP contribution in [0.2, 0.25) is 0 Å². The number of carbonyl (C=O) groups excluding carboxylic acids is 2. The van der Waals surface area contributed by atoms with E-state index >= 15 is 0 Å². The molecule has 0 atom stereocenters. The number of benzene rings is 2. The first-order valence-electron chi connectivity index (χ1n) is 7.02. The molecule has 122 valence electrons. The van der Waals surface area contributed by atoms with Gasteiger partial charge in [-0.2, -0.15) is 8.42 Å². The van der Waals surface area contributed by atoms with E-state index in [1.54, 1.807) is 60.7 Å². The van der Waals surface area contributed by atoms with Crippen LogP contribution in [-0.2, 0) is 24.0 Å². The number of carbonyl (C=O) groups is 2. The molecule has 0 saturated carbocycles. The molecule has 2 amide bonds. The Bertz CT molecular complexity index is 872. The van der Waals surface area contributed by atoms with Crippen molar-refractivity contribution in [3.05, 3.63) is 71.8 Å². The van der Waals surface area contributed by atoms with Crippen molar-refractivity contribution in [3.8, 4) is 0 Å². The fraction of sp³-hybridized carbons (Fsp3) is 0.0588. The van der Waals surface area contributed by atoms with Crippen molar-refractivity contribution < 1.29 is 22.3 Å². The molecule has 1 aliphatic rings. The summed E-state index contributed by atoms with van der Waals surface area (Å²) in [7, 11) is -4.03. The quantitative estimate of drug-likeness (QED) is 0.792. The molecule has 2 aromatic carbocycles. The van der Waals surface area contributed by atoms with E-state index in [0.29, 0.717) is 16.2 Å². The molecule has 1 heterocycles.